The third-order valence-corrected chi connectivity index (χ3v) is 2.72. The molecule has 1 aromatic rings. The molecule has 0 aromatic heterocycles. The minimum absolute atomic E-state index is 0.0343. The molecule has 14 heavy (non-hydrogen) atoms. The van der Waals surface area contributed by atoms with Crippen molar-refractivity contribution in [2.24, 2.45) is 0 Å². The lowest BCUT2D eigenvalue weighted by Gasteiger charge is -2.15. The van der Waals surface area contributed by atoms with Crippen molar-refractivity contribution in [3.05, 3.63) is 23.3 Å². The topological polar surface area (TPSA) is 40.5 Å². The molecule has 0 atom stereocenters. The highest BCUT2D eigenvalue weighted by molar-refractivity contribution is 5.94. The molecule has 1 aromatic carbocycles. The van der Waals surface area contributed by atoms with Crippen LogP contribution in [0.1, 0.15) is 18.1 Å². The molecule has 2 rings (SSSR count). The number of carbonyl (C=O) groups is 1. The number of benzene rings is 1. The third-order valence-electron chi connectivity index (χ3n) is 2.72. The first-order valence-corrected chi connectivity index (χ1v) is 4.71. The predicted molar refractivity (Wildman–Crippen MR) is 54.6 cm³/mol. The SMILES string of the molecule is CC(=O)N1CCc2c1ccc(C)c2O. The van der Waals surface area contributed by atoms with E-state index in [1.165, 1.54) is 0 Å². The molecule has 1 heterocycles. The molecule has 0 radical (unpaired) electrons. The van der Waals surface area contributed by atoms with Crippen molar-refractivity contribution < 1.29 is 9.90 Å². The van der Waals surface area contributed by atoms with Crippen LogP contribution in [0.2, 0.25) is 0 Å². The Hall–Kier alpha value is -1.51. The Labute approximate surface area is 83.0 Å². The molecule has 0 unspecified atom stereocenters. The number of phenols is 1. The van der Waals surface area contributed by atoms with Gasteiger partial charge in [0, 0.05) is 19.0 Å². The van der Waals surface area contributed by atoms with Gasteiger partial charge in [0.15, 0.2) is 0 Å². The number of aromatic hydroxyl groups is 1. The molecular weight excluding hydrogens is 178 g/mol. The first kappa shape index (κ1) is 9.06. The second kappa shape index (κ2) is 3.01. The minimum atomic E-state index is 0.0343. The van der Waals surface area contributed by atoms with Gasteiger partial charge in [-0.1, -0.05) is 6.07 Å². The highest BCUT2D eigenvalue weighted by Gasteiger charge is 2.24. The van der Waals surface area contributed by atoms with Crippen molar-refractivity contribution >= 4 is 11.6 Å². The van der Waals surface area contributed by atoms with Crippen LogP contribution in [0.4, 0.5) is 5.69 Å². The van der Waals surface area contributed by atoms with Crippen LogP contribution in [-0.2, 0) is 11.2 Å². The normalized spacial score (nSPS) is 14.3. The summed E-state index contributed by atoms with van der Waals surface area (Å²) >= 11 is 0. The monoisotopic (exact) mass is 191 g/mol. The molecule has 1 N–H and O–H groups in total. The largest absolute Gasteiger partial charge is 0.507 e. The van der Waals surface area contributed by atoms with E-state index in [9.17, 15) is 9.90 Å². The predicted octanol–water partition coefficient (Wildman–Crippen LogP) is 1.61. The lowest BCUT2D eigenvalue weighted by molar-refractivity contribution is -0.116. The van der Waals surface area contributed by atoms with Crippen LogP contribution in [0, 0.1) is 6.92 Å². The molecule has 3 heteroatoms. The number of fused-ring (bicyclic) bond motifs is 1. The number of carbonyl (C=O) groups excluding carboxylic acids is 1. The molecule has 74 valence electrons. The fraction of sp³-hybridized carbons (Fsp3) is 0.364. The first-order valence-electron chi connectivity index (χ1n) is 4.71. The second-order valence-electron chi connectivity index (χ2n) is 3.65. The van der Waals surface area contributed by atoms with Crippen LogP contribution in [0.25, 0.3) is 0 Å². The molecule has 0 bridgehead atoms. The standard InChI is InChI=1S/C11H13NO2/c1-7-3-4-10-9(11(7)14)5-6-12(10)8(2)13/h3-4,14H,5-6H2,1-2H3. The summed E-state index contributed by atoms with van der Waals surface area (Å²) in [6.07, 6.45) is 0.752. The molecule has 3 nitrogen and oxygen atoms in total. The molecular formula is C11H13NO2. The Kier molecular flexibility index (Phi) is 1.95. The maximum absolute atomic E-state index is 11.2. The summed E-state index contributed by atoms with van der Waals surface area (Å²) in [5.74, 6) is 0.373. The number of phenolic OH excluding ortho intramolecular Hbond substituents is 1. The van der Waals surface area contributed by atoms with E-state index in [0.717, 1.165) is 23.2 Å². The summed E-state index contributed by atoms with van der Waals surface area (Å²) in [6, 6.07) is 3.74. The van der Waals surface area contributed by atoms with Gasteiger partial charge in [-0.25, -0.2) is 0 Å². The van der Waals surface area contributed by atoms with Crippen molar-refractivity contribution in [1.29, 1.82) is 0 Å². The zero-order valence-electron chi connectivity index (χ0n) is 8.37. The molecule has 0 saturated carbocycles. The van der Waals surface area contributed by atoms with Gasteiger partial charge in [-0.15, -0.1) is 0 Å². The van der Waals surface area contributed by atoms with E-state index in [-0.39, 0.29) is 5.91 Å². The molecule has 1 aliphatic heterocycles. The van der Waals surface area contributed by atoms with Crippen molar-refractivity contribution in [2.45, 2.75) is 20.3 Å². The number of hydrogen-bond acceptors (Lipinski definition) is 2. The number of anilines is 1. The molecule has 0 spiro atoms. The average molecular weight is 191 g/mol. The van der Waals surface area contributed by atoms with E-state index in [1.807, 2.05) is 19.1 Å². The first-order chi connectivity index (χ1) is 6.61. The Balaban J connectivity index is 2.53. The molecule has 0 aliphatic carbocycles. The smallest absolute Gasteiger partial charge is 0.223 e. The average Bonchev–Trinajstić information content (AvgIpc) is 2.55. The maximum Gasteiger partial charge on any atom is 0.223 e. The van der Waals surface area contributed by atoms with Crippen molar-refractivity contribution in [3.8, 4) is 5.75 Å². The second-order valence-corrected chi connectivity index (χ2v) is 3.65. The van der Waals surface area contributed by atoms with Crippen LogP contribution >= 0.6 is 0 Å². The van der Waals surface area contributed by atoms with Crippen molar-refractivity contribution in [2.75, 3.05) is 11.4 Å². The van der Waals surface area contributed by atoms with Crippen molar-refractivity contribution in [1.82, 2.24) is 0 Å². The number of hydrogen-bond donors (Lipinski definition) is 1. The zero-order valence-corrected chi connectivity index (χ0v) is 8.37. The van der Waals surface area contributed by atoms with Gasteiger partial charge in [0.05, 0.1) is 5.69 Å². The van der Waals surface area contributed by atoms with Crippen LogP contribution in [0.5, 0.6) is 5.75 Å². The Bertz CT molecular complexity index is 399. The Morgan fingerprint density at radius 2 is 2.21 bits per heavy atom. The quantitative estimate of drug-likeness (QED) is 0.676. The maximum atomic E-state index is 11.2. The Morgan fingerprint density at radius 1 is 1.50 bits per heavy atom. The van der Waals surface area contributed by atoms with Gasteiger partial charge >= 0.3 is 0 Å². The molecule has 0 fully saturated rings. The van der Waals surface area contributed by atoms with Gasteiger partial charge in [0.1, 0.15) is 5.75 Å². The highest BCUT2D eigenvalue weighted by Crippen LogP contribution is 2.36. The number of nitrogens with zero attached hydrogens (tertiary/aromatic N) is 1. The lowest BCUT2D eigenvalue weighted by atomic mass is 10.1. The third kappa shape index (κ3) is 1.16. The van der Waals surface area contributed by atoms with Crippen LogP contribution in [0.3, 0.4) is 0 Å². The summed E-state index contributed by atoms with van der Waals surface area (Å²) in [5, 5.41) is 9.78. The summed E-state index contributed by atoms with van der Waals surface area (Å²) in [7, 11) is 0. The fourth-order valence-electron chi connectivity index (χ4n) is 1.91. The summed E-state index contributed by atoms with van der Waals surface area (Å²) in [5.41, 5.74) is 2.63. The van der Waals surface area contributed by atoms with E-state index in [2.05, 4.69) is 0 Å². The van der Waals surface area contributed by atoms with E-state index in [0.29, 0.717) is 12.3 Å². The molecule has 1 amide bonds. The number of amides is 1. The molecule has 0 saturated heterocycles. The van der Waals surface area contributed by atoms with Crippen LogP contribution < -0.4 is 4.90 Å². The van der Waals surface area contributed by atoms with Crippen LogP contribution in [0.15, 0.2) is 12.1 Å². The van der Waals surface area contributed by atoms with Gasteiger partial charge in [-0.3, -0.25) is 4.79 Å². The van der Waals surface area contributed by atoms with E-state index >= 15 is 0 Å². The van der Waals surface area contributed by atoms with Gasteiger partial charge in [-0.2, -0.15) is 0 Å². The molecule has 1 aliphatic rings. The van der Waals surface area contributed by atoms with Gasteiger partial charge in [0.25, 0.3) is 0 Å². The van der Waals surface area contributed by atoms with Gasteiger partial charge < -0.3 is 10.0 Å². The van der Waals surface area contributed by atoms with Crippen molar-refractivity contribution in [3.63, 3.8) is 0 Å². The summed E-state index contributed by atoms with van der Waals surface area (Å²) in [4.78, 5) is 13.0. The summed E-state index contributed by atoms with van der Waals surface area (Å²) in [6.45, 7) is 4.10. The number of aryl methyl sites for hydroxylation is 1. The minimum Gasteiger partial charge on any atom is -0.507 e. The van der Waals surface area contributed by atoms with Gasteiger partial charge in [-0.05, 0) is 25.0 Å². The van der Waals surface area contributed by atoms with E-state index in [1.54, 1.807) is 11.8 Å². The Morgan fingerprint density at radius 3 is 2.86 bits per heavy atom. The van der Waals surface area contributed by atoms with E-state index < -0.39 is 0 Å². The lowest BCUT2D eigenvalue weighted by Crippen LogP contribution is -2.25. The van der Waals surface area contributed by atoms with Gasteiger partial charge in [0.2, 0.25) is 5.91 Å². The van der Waals surface area contributed by atoms with E-state index in [4.69, 9.17) is 0 Å². The van der Waals surface area contributed by atoms with Crippen LogP contribution in [-0.4, -0.2) is 17.6 Å². The summed E-state index contributed by atoms with van der Waals surface area (Å²) < 4.78 is 0. The zero-order chi connectivity index (χ0) is 10.3. The number of rotatable bonds is 0. The highest BCUT2D eigenvalue weighted by atomic mass is 16.3. The fourth-order valence-corrected chi connectivity index (χ4v) is 1.91.